The van der Waals surface area contributed by atoms with E-state index in [1.165, 1.54) is 11.3 Å². The first-order valence-electron chi connectivity index (χ1n) is 18.2. The van der Waals surface area contributed by atoms with Crippen LogP contribution in [0.25, 0.3) is 50.9 Å². The van der Waals surface area contributed by atoms with Crippen molar-refractivity contribution in [1.82, 2.24) is 20.3 Å². The van der Waals surface area contributed by atoms with E-state index in [1.54, 1.807) is 0 Å². The van der Waals surface area contributed by atoms with E-state index in [4.69, 9.17) is 24.9 Å². The van der Waals surface area contributed by atoms with E-state index < -0.39 is 0 Å². The predicted molar refractivity (Wildman–Crippen MR) is 217 cm³/mol. The third-order valence-electron chi connectivity index (χ3n) is 9.29. The van der Waals surface area contributed by atoms with Gasteiger partial charge in [-0.1, -0.05) is 103 Å². The fourth-order valence-electron chi connectivity index (χ4n) is 6.82. The highest BCUT2D eigenvalue weighted by Crippen LogP contribution is 2.35. The van der Waals surface area contributed by atoms with Crippen molar-refractivity contribution in [2.24, 2.45) is 20.9 Å². The molecule has 4 aromatic carbocycles. The number of rotatable bonds is 8. The van der Waals surface area contributed by atoms with Crippen LogP contribution < -0.4 is 5.32 Å². The summed E-state index contributed by atoms with van der Waals surface area (Å²) in [6, 6.07) is 35.8. The molecule has 3 unspecified atom stereocenters. The van der Waals surface area contributed by atoms with E-state index in [-0.39, 0.29) is 6.17 Å². The van der Waals surface area contributed by atoms with Crippen LogP contribution >= 0.6 is 0 Å². The Labute approximate surface area is 307 Å². The molecule has 0 saturated carbocycles. The predicted octanol–water partition coefficient (Wildman–Crippen LogP) is 9.92. The minimum absolute atomic E-state index is 0.0956. The molecule has 0 fully saturated rings. The van der Waals surface area contributed by atoms with Crippen LogP contribution in [0.5, 0.6) is 0 Å². The second-order valence-electron chi connectivity index (χ2n) is 13.8. The molecule has 0 spiro atoms. The highest BCUT2D eigenvalue weighted by Gasteiger charge is 2.25. The van der Waals surface area contributed by atoms with Crippen molar-refractivity contribution < 1.29 is 0 Å². The minimum atomic E-state index is 0.0956. The van der Waals surface area contributed by atoms with Gasteiger partial charge in [0.1, 0.15) is 6.17 Å². The number of aliphatic imine (C=N–C) groups is 3. The van der Waals surface area contributed by atoms with E-state index >= 15 is 0 Å². The van der Waals surface area contributed by atoms with Crippen LogP contribution in [0, 0.1) is 5.92 Å². The van der Waals surface area contributed by atoms with Crippen molar-refractivity contribution in [3.8, 4) is 45.3 Å². The van der Waals surface area contributed by atoms with Gasteiger partial charge in [-0.2, -0.15) is 0 Å². The summed E-state index contributed by atoms with van der Waals surface area (Å²) in [6.07, 6.45) is 8.91. The first-order valence-corrected chi connectivity index (χ1v) is 18.2. The van der Waals surface area contributed by atoms with Crippen molar-refractivity contribution in [3.05, 3.63) is 132 Å². The van der Waals surface area contributed by atoms with Crippen LogP contribution in [0.15, 0.2) is 136 Å². The maximum absolute atomic E-state index is 5.08. The molecule has 1 N–H and O–H groups in total. The van der Waals surface area contributed by atoms with Gasteiger partial charge in [0.05, 0.1) is 0 Å². The zero-order valence-electron chi connectivity index (χ0n) is 30.6. The average Bonchev–Trinajstić information content (AvgIpc) is 3.18. The smallest absolute Gasteiger partial charge is 0.164 e. The van der Waals surface area contributed by atoms with E-state index in [0.29, 0.717) is 36.0 Å². The lowest BCUT2D eigenvalue weighted by molar-refractivity contribution is 0.366. The lowest BCUT2D eigenvalue weighted by Gasteiger charge is -2.31. The third kappa shape index (κ3) is 8.11. The Kier molecular flexibility index (Phi) is 10.5. The molecule has 260 valence electrons. The van der Waals surface area contributed by atoms with Gasteiger partial charge < -0.3 is 0 Å². The van der Waals surface area contributed by atoms with Crippen molar-refractivity contribution in [2.75, 3.05) is 6.54 Å². The molecule has 1 aliphatic heterocycles. The summed E-state index contributed by atoms with van der Waals surface area (Å²) in [6.45, 7) is 11.1. The molecule has 1 aromatic heterocycles. The van der Waals surface area contributed by atoms with Crippen molar-refractivity contribution >= 4 is 22.8 Å². The number of amidine groups is 1. The highest BCUT2D eigenvalue weighted by atomic mass is 15.1. The molecule has 7 heteroatoms. The van der Waals surface area contributed by atoms with Crippen LogP contribution in [0.2, 0.25) is 0 Å². The van der Waals surface area contributed by atoms with E-state index in [2.05, 4.69) is 84.8 Å². The van der Waals surface area contributed by atoms with Gasteiger partial charge in [0, 0.05) is 58.6 Å². The van der Waals surface area contributed by atoms with Gasteiger partial charge in [-0.05, 0) is 81.5 Å². The summed E-state index contributed by atoms with van der Waals surface area (Å²) in [5.41, 5.74) is 10.4. The summed E-state index contributed by atoms with van der Waals surface area (Å²) in [5, 5.41) is 3.69. The van der Waals surface area contributed by atoms with Crippen LogP contribution in [-0.2, 0) is 0 Å². The zero-order chi connectivity index (χ0) is 36.0. The quantitative estimate of drug-likeness (QED) is 0.130. The second kappa shape index (κ2) is 15.7. The first kappa shape index (κ1) is 34.8. The Balaban J connectivity index is 1.33. The Morgan fingerprint density at radius 3 is 1.88 bits per heavy atom. The topological polar surface area (TPSA) is 87.8 Å². The number of aromatic nitrogens is 3. The molecule has 3 atom stereocenters. The zero-order valence-corrected chi connectivity index (χ0v) is 30.6. The number of hydrogen-bond acceptors (Lipinski definition) is 6. The lowest BCUT2D eigenvalue weighted by Crippen LogP contribution is -2.44. The maximum Gasteiger partial charge on any atom is 0.164 e. The summed E-state index contributed by atoms with van der Waals surface area (Å²) in [7, 11) is 0. The van der Waals surface area contributed by atoms with Gasteiger partial charge in [0.15, 0.2) is 23.3 Å². The summed E-state index contributed by atoms with van der Waals surface area (Å²) < 4.78 is 0. The molecular formula is C45H45N7. The number of benzene rings is 4. The molecule has 0 amide bonds. The van der Waals surface area contributed by atoms with E-state index in [9.17, 15) is 0 Å². The standard InChI is InChI=1S/C45H45N7/c1-6-46-41(47-29(2)3)36-21-17-32(18-22-36)38-26-39(33-19-23-37(24-20-33)42-48-30(4)25-31(5)49-42)28-40(27-38)45-51-43(34-13-9-7-10-14-34)50-44(52-45)35-15-11-8-12-16-35/h7-23,26-28,30,37,42,48H,6,24-25H2,1-5H3/b46-41-. The fraction of sp³-hybridized carbons (Fsp3) is 0.244. The number of nitrogens with zero attached hydrogens (tertiary/aromatic N) is 6. The number of allylic oxidation sites excluding steroid dienone is 3. The molecule has 5 aromatic rings. The van der Waals surface area contributed by atoms with Crippen molar-refractivity contribution in [1.29, 1.82) is 0 Å². The molecule has 0 radical (unpaired) electrons. The number of nitrogens with one attached hydrogen (secondary N) is 1. The largest absolute Gasteiger partial charge is 0.292 e. The van der Waals surface area contributed by atoms with E-state index in [1.807, 2.05) is 81.4 Å². The minimum Gasteiger partial charge on any atom is -0.292 e. The Morgan fingerprint density at radius 2 is 1.33 bits per heavy atom. The fourth-order valence-corrected chi connectivity index (χ4v) is 6.82. The molecule has 7 rings (SSSR count). The van der Waals surface area contributed by atoms with Gasteiger partial charge in [-0.3, -0.25) is 15.3 Å². The summed E-state index contributed by atoms with van der Waals surface area (Å²) >= 11 is 0. The van der Waals surface area contributed by atoms with Gasteiger partial charge >= 0.3 is 0 Å². The van der Waals surface area contributed by atoms with Crippen LogP contribution in [0.4, 0.5) is 0 Å². The second-order valence-corrected chi connectivity index (χ2v) is 13.8. The normalized spacial score (nSPS) is 18.8. The lowest BCUT2D eigenvalue weighted by atomic mass is 9.88. The Hall–Kier alpha value is -5.66. The van der Waals surface area contributed by atoms with Crippen LogP contribution in [0.1, 0.15) is 58.6 Å². The Morgan fingerprint density at radius 1 is 0.731 bits per heavy atom. The van der Waals surface area contributed by atoms with Crippen molar-refractivity contribution in [2.45, 2.75) is 59.7 Å². The molecule has 2 heterocycles. The van der Waals surface area contributed by atoms with Gasteiger partial charge in [0.2, 0.25) is 0 Å². The van der Waals surface area contributed by atoms with Crippen LogP contribution in [0.3, 0.4) is 0 Å². The van der Waals surface area contributed by atoms with E-state index in [0.717, 1.165) is 63.3 Å². The first-order chi connectivity index (χ1) is 25.3. The molecule has 2 aliphatic rings. The van der Waals surface area contributed by atoms with Gasteiger partial charge in [0.25, 0.3) is 0 Å². The molecule has 52 heavy (non-hydrogen) atoms. The maximum atomic E-state index is 5.08. The monoisotopic (exact) mass is 683 g/mol. The van der Waals surface area contributed by atoms with Crippen LogP contribution in [-0.4, -0.2) is 51.0 Å². The molecule has 7 nitrogen and oxygen atoms in total. The SMILES string of the molecule is CC/N=C(\N=C(C)C)c1ccc(-c2cc(C3=CCC(C4N=C(C)CC(C)N4)C=C3)cc(-c3nc(-c4ccccc4)nc(-c4ccccc4)n3)c2)cc1. The Bertz CT molecular complexity index is 2130. The molecular weight excluding hydrogens is 639 g/mol. The van der Waals surface area contributed by atoms with Gasteiger partial charge in [-0.15, -0.1) is 0 Å². The molecule has 1 aliphatic carbocycles. The van der Waals surface area contributed by atoms with Crippen molar-refractivity contribution in [3.63, 3.8) is 0 Å². The summed E-state index contributed by atoms with van der Waals surface area (Å²) in [4.78, 5) is 29.4. The highest BCUT2D eigenvalue weighted by molar-refractivity contribution is 6.06. The molecule has 0 bridgehead atoms. The summed E-state index contributed by atoms with van der Waals surface area (Å²) in [5.74, 6) is 2.96. The number of hydrogen-bond donors (Lipinski definition) is 1. The van der Waals surface area contributed by atoms with Gasteiger partial charge in [-0.25, -0.2) is 19.9 Å². The third-order valence-corrected chi connectivity index (χ3v) is 9.29. The molecule has 0 saturated heterocycles. The average molecular weight is 684 g/mol.